The van der Waals surface area contributed by atoms with Gasteiger partial charge in [-0.25, -0.2) is 0 Å². The average molecular weight is 444 g/mol. The number of amides is 1. The van der Waals surface area contributed by atoms with Gasteiger partial charge in [-0.1, -0.05) is 11.6 Å². The van der Waals surface area contributed by atoms with Crippen molar-refractivity contribution in [2.45, 2.75) is 39.8 Å². The third-order valence-electron chi connectivity index (χ3n) is 5.18. The first-order chi connectivity index (χ1) is 14.8. The standard InChI is InChI=1S/C24H30ClN3O3/c1-15(2)28(16(3)4)10-11-31-23-14-19(7-9-22(23)30-5)26-24(29)21-13-17-12-18(25)6-8-20(17)27-21/h6-9,12-16,27H,10-11H2,1-5H3,(H,26,29). The van der Waals surface area contributed by atoms with E-state index in [1.54, 1.807) is 37.4 Å². The molecule has 0 saturated heterocycles. The maximum atomic E-state index is 12.7. The van der Waals surface area contributed by atoms with Crippen LogP contribution in [0, 0.1) is 0 Å². The SMILES string of the molecule is COc1ccc(NC(=O)c2cc3cc(Cl)ccc3[nH]2)cc1OCCN(C(C)C)C(C)C. The predicted octanol–water partition coefficient (Wildman–Crippen LogP) is 5.58. The summed E-state index contributed by atoms with van der Waals surface area (Å²) in [7, 11) is 1.60. The van der Waals surface area contributed by atoms with Crippen molar-refractivity contribution in [3.63, 3.8) is 0 Å². The summed E-state index contributed by atoms with van der Waals surface area (Å²) in [6.45, 7) is 10.0. The van der Waals surface area contributed by atoms with Crippen molar-refractivity contribution in [1.29, 1.82) is 0 Å². The molecule has 7 heteroatoms. The van der Waals surface area contributed by atoms with Crippen LogP contribution in [-0.2, 0) is 0 Å². The van der Waals surface area contributed by atoms with Crippen LogP contribution in [0.3, 0.4) is 0 Å². The van der Waals surface area contributed by atoms with E-state index in [0.717, 1.165) is 17.4 Å². The highest BCUT2D eigenvalue weighted by atomic mass is 35.5. The van der Waals surface area contributed by atoms with Crippen molar-refractivity contribution in [3.05, 3.63) is 53.2 Å². The molecule has 0 unspecified atom stereocenters. The van der Waals surface area contributed by atoms with E-state index in [1.165, 1.54) is 0 Å². The Morgan fingerprint density at radius 1 is 1.06 bits per heavy atom. The van der Waals surface area contributed by atoms with Gasteiger partial charge >= 0.3 is 0 Å². The number of hydrogen-bond donors (Lipinski definition) is 2. The summed E-state index contributed by atoms with van der Waals surface area (Å²) in [6, 6.07) is 13.5. The third-order valence-corrected chi connectivity index (χ3v) is 5.42. The van der Waals surface area contributed by atoms with Crippen molar-refractivity contribution >= 4 is 34.1 Å². The lowest BCUT2D eigenvalue weighted by molar-refractivity contribution is 0.102. The number of H-pyrrole nitrogens is 1. The molecule has 0 spiro atoms. The molecule has 1 amide bonds. The molecule has 0 bridgehead atoms. The number of carbonyl (C=O) groups is 1. The number of halogens is 1. The number of carbonyl (C=O) groups excluding carboxylic acids is 1. The number of anilines is 1. The van der Waals surface area contributed by atoms with E-state index in [0.29, 0.717) is 46.6 Å². The first-order valence-electron chi connectivity index (χ1n) is 10.4. The van der Waals surface area contributed by atoms with E-state index < -0.39 is 0 Å². The summed E-state index contributed by atoms with van der Waals surface area (Å²) in [6.07, 6.45) is 0. The minimum atomic E-state index is -0.241. The van der Waals surface area contributed by atoms with Gasteiger partial charge in [0.1, 0.15) is 12.3 Å². The average Bonchev–Trinajstić information content (AvgIpc) is 3.14. The van der Waals surface area contributed by atoms with Crippen LogP contribution in [0.4, 0.5) is 5.69 Å². The normalized spacial score (nSPS) is 11.5. The molecular weight excluding hydrogens is 414 g/mol. The molecule has 1 aromatic heterocycles. The van der Waals surface area contributed by atoms with Gasteiger partial charge in [0, 0.05) is 46.3 Å². The van der Waals surface area contributed by atoms with Crippen molar-refractivity contribution in [2.24, 2.45) is 0 Å². The molecular formula is C24H30ClN3O3. The molecule has 166 valence electrons. The molecule has 0 aliphatic rings. The lowest BCUT2D eigenvalue weighted by Crippen LogP contribution is -2.39. The highest BCUT2D eigenvalue weighted by molar-refractivity contribution is 6.31. The molecule has 0 saturated carbocycles. The fourth-order valence-electron chi connectivity index (χ4n) is 3.67. The monoisotopic (exact) mass is 443 g/mol. The second kappa shape index (κ2) is 10.1. The number of aromatic amines is 1. The molecule has 0 radical (unpaired) electrons. The van der Waals surface area contributed by atoms with Crippen LogP contribution in [0.5, 0.6) is 11.5 Å². The Bertz CT molecular complexity index is 1040. The van der Waals surface area contributed by atoms with Crippen molar-refractivity contribution in [2.75, 3.05) is 25.6 Å². The molecule has 0 aliphatic heterocycles. The largest absolute Gasteiger partial charge is 0.493 e. The maximum Gasteiger partial charge on any atom is 0.272 e. The number of nitrogens with zero attached hydrogens (tertiary/aromatic N) is 1. The van der Waals surface area contributed by atoms with E-state index in [9.17, 15) is 4.79 Å². The number of nitrogens with one attached hydrogen (secondary N) is 2. The summed E-state index contributed by atoms with van der Waals surface area (Å²) in [5, 5.41) is 4.43. The van der Waals surface area contributed by atoms with E-state index >= 15 is 0 Å². The Kier molecular flexibility index (Phi) is 7.46. The zero-order valence-electron chi connectivity index (χ0n) is 18.7. The number of benzene rings is 2. The predicted molar refractivity (Wildman–Crippen MR) is 127 cm³/mol. The lowest BCUT2D eigenvalue weighted by atomic mass is 10.2. The first-order valence-corrected chi connectivity index (χ1v) is 10.8. The first kappa shape index (κ1) is 23.0. The molecule has 3 rings (SSSR count). The zero-order valence-corrected chi connectivity index (χ0v) is 19.4. The Labute approximate surface area is 188 Å². The number of ether oxygens (including phenoxy) is 2. The molecule has 0 aliphatic carbocycles. The molecule has 3 aromatic rings. The second-order valence-corrected chi connectivity index (χ2v) is 8.44. The van der Waals surface area contributed by atoms with Crippen LogP contribution in [0.2, 0.25) is 5.02 Å². The van der Waals surface area contributed by atoms with Crippen molar-refractivity contribution < 1.29 is 14.3 Å². The zero-order chi connectivity index (χ0) is 22.5. The smallest absolute Gasteiger partial charge is 0.272 e. The summed E-state index contributed by atoms with van der Waals surface area (Å²) < 4.78 is 11.4. The van der Waals surface area contributed by atoms with Crippen LogP contribution in [0.1, 0.15) is 38.2 Å². The Morgan fingerprint density at radius 3 is 2.48 bits per heavy atom. The second-order valence-electron chi connectivity index (χ2n) is 8.01. The molecule has 0 atom stereocenters. The van der Waals surface area contributed by atoms with Crippen LogP contribution >= 0.6 is 11.6 Å². The fourth-order valence-corrected chi connectivity index (χ4v) is 3.85. The summed E-state index contributed by atoms with van der Waals surface area (Å²) >= 11 is 6.04. The Hall–Kier alpha value is -2.70. The molecule has 6 nitrogen and oxygen atoms in total. The number of aromatic nitrogens is 1. The Balaban J connectivity index is 1.70. The van der Waals surface area contributed by atoms with Crippen LogP contribution in [-0.4, -0.2) is 48.1 Å². The van der Waals surface area contributed by atoms with Crippen molar-refractivity contribution in [1.82, 2.24) is 9.88 Å². The van der Waals surface area contributed by atoms with E-state index in [2.05, 4.69) is 42.9 Å². The number of methoxy groups -OCH3 is 1. The van der Waals surface area contributed by atoms with Gasteiger partial charge in [0.2, 0.25) is 0 Å². The minimum absolute atomic E-state index is 0.241. The van der Waals surface area contributed by atoms with E-state index in [1.807, 2.05) is 12.1 Å². The number of fused-ring (bicyclic) bond motifs is 1. The quantitative estimate of drug-likeness (QED) is 0.453. The summed E-state index contributed by atoms with van der Waals surface area (Å²) in [5.41, 5.74) is 1.94. The van der Waals surface area contributed by atoms with Gasteiger partial charge in [-0.05, 0) is 64.1 Å². The summed E-state index contributed by atoms with van der Waals surface area (Å²) in [5.74, 6) is 0.976. The molecule has 31 heavy (non-hydrogen) atoms. The maximum absolute atomic E-state index is 12.7. The lowest BCUT2D eigenvalue weighted by Gasteiger charge is -2.30. The van der Waals surface area contributed by atoms with Gasteiger partial charge in [0.05, 0.1) is 7.11 Å². The van der Waals surface area contributed by atoms with Crippen LogP contribution in [0.25, 0.3) is 10.9 Å². The molecule has 2 N–H and O–H groups in total. The minimum Gasteiger partial charge on any atom is -0.493 e. The topological polar surface area (TPSA) is 66.6 Å². The van der Waals surface area contributed by atoms with Gasteiger partial charge in [-0.3, -0.25) is 9.69 Å². The number of hydrogen-bond acceptors (Lipinski definition) is 4. The Morgan fingerprint density at radius 2 is 1.81 bits per heavy atom. The van der Waals surface area contributed by atoms with Gasteiger partial charge in [-0.2, -0.15) is 0 Å². The van der Waals surface area contributed by atoms with Gasteiger partial charge in [0.25, 0.3) is 5.91 Å². The summed E-state index contributed by atoms with van der Waals surface area (Å²) in [4.78, 5) is 18.2. The van der Waals surface area contributed by atoms with E-state index in [4.69, 9.17) is 21.1 Å². The molecule has 1 heterocycles. The van der Waals surface area contributed by atoms with Crippen LogP contribution in [0.15, 0.2) is 42.5 Å². The fraction of sp³-hybridized carbons (Fsp3) is 0.375. The van der Waals surface area contributed by atoms with E-state index in [-0.39, 0.29) is 5.91 Å². The number of rotatable bonds is 9. The van der Waals surface area contributed by atoms with Gasteiger partial charge in [0.15, 0.2) is 11.5 Å². The molecule has 0 fully saturated rings. The van der Waals surface area contributed by atoms with Crippen molar-refractivity contribution in [3.8, 4) is 11.5 Å². The highest BCUT2D eigenvalue weighted by Gasteiger charge is 2.15. The van der Waals surface area contributed by atoms with Gasteiger partial charge < -0.3 is 19.8 Å². The molecule has 2 aromatic carbocycles. The third kappa shape index (κ3) is 5.71. The van der Waals surface area contributed by atoms with Gasteiger partial charge in [-0.15, -0.1) is 0 Å². The highest BCUT2D eigenvalue weighted by Crippen LogP contribution is 2.30. The van der Waals surface area contributed by atoms with Crippen LogP contribution < -0.4 is 14.8 Å².